The van der Waals surface area contributed by atoms with Crippen molar-refractivity contribution in [1.29, 1.82) is 0 Å². The van der Waals surface area contributed by atoms with Crippen LogP contribution in [0, 0.1) is 0 Å². The van der Waals surface area contributed by atoms with Crippen molar-refractivity contribution in [3.8, 4) is 0 Å². The predicted molar refractivity (Wildman–Crippen MR) is 130 cm³/mol. The number of para-hydroxylation sites is 1. The largest absolute Gasteiger partial charge is 0.480 e. The number of nitrogens with one attached hydrogen (secondary N) is 3. The number of nitrogens with zero attached hydrogens (tertiary/aromatic N) is 1. The fourth-order valence-electron chi connectivity index (χ4n) is 4.44. The smallest absolute Gasteiger partial charge is 0.322 e. The van der Waals surface area contributed by atoms with Gasteiger partial charge < -0.3 is 37.1 Å². The second-order valence-corrected chi connectivity index (χ2v) is 8.82. The lowest BCUT2D eigenvalue weighted by molar-refractivity contribution is -0.143. The minimum atomic E-state index is -1.16. The molecule has 3 amide bonds. The van der Waals surface area contributed by atoms with Gasteiger partial charge in [0, 0.05) is 23.6 Å². The van der Waals surface area contributed by atoms with Crippen molar-refractivity contribution < 1.29 is 24.3 Å². The molecule has 1 aliphatic rings. The molecule has 1 fully saturated rings. The Bertz CT molecular complexity index is 1050. The highest BCUT2D eigenvalue weighted by Crippen LogP contribution is 2.21. The summed E-state index contributed by atoms with van der Waals surface area (Å²) in [5, 5.41) is 14.9. The Labute approximate surface area is 203 Å². The number of unbranched alkanes of at least 4 members (excludes halogenated alkanes) is 1. The molecule has 2 aromatic rings. The summed E-state index contributed by atoms with van der Waals surface area (Å²) in [5.74, 6) is -2.50. The average Bonchev–Trinajstić information content (AvgIpc) is 3.49. The molecule has 0 saturated carbocycles. The van der Waals surface area contributed by atoms with Crippen molar-refractivity contribution in [2.45, 2.75) is 56.7 Å². The van der Waals surface area contributed by atoms with Crippen LogP contribution in [0.1, 0.15) is 37.7 Å². The summed E-state index contributed by atoms with van der Waals surface area (Å²) in [6, 6.07) is 5.24. The van der Waals surface area contributed by atoms with E-state index >= 15 is 0 Å². The number of benzene rings is 1. The number of aliphatic carboxylic acids is 1. The van der Waals surface area contributed by atoms with Crippen molar-refractivity contribution in [2.75, 3.05) is 19.6 Å². The van der Waals surface area contributed by atoms with Crippen molar-refractivity contribution in [2.24, 2.45) is 11.5 Å². The fraction of sp³-hybridized carbons (Fsp3) is 0.500. The van der Waals surface area contributed by atoms with Gasteiger partial charge in [0.25, 0.3) is 0 Å². The normalized spacial score (nSPS) is 17.2. The standard InChI is InChI=1S/C24H34N6O5/c25-10-4-3-8-19(24(35)30-11-5-9-20(30)23(34)28-14-21(31)32)29-22(33)17(26)12-15-13-27-18-7-2-1-6-16(15)18/h1-2,6-7,13,17,19-20,27H,3-5,8-12,14,25-26H2,(H,28,34)(H,29,33)(H,31,32). The number of hydrogen-bond acceptors (Lipinski definition) is 6. The first-order chi connectivity index (χ1) is 16.8. The summed E-state index contributed by atoms with van der Waals surface area (Å²) < 4.78 is 0. The summed E-state index contributed by atoms with van der Waals surface area (Å²) in [5.41, 5.74) is 13.7. The highest BCUT2D eigenvalue weighted by atomic mass is 16.4. The van der Waals surface area contributed by atoms with E-state index < -0.39 is 42.5 Å². The van der Waals surface area contributed by atoms with Crippen molar-refractivity contribution in [1.82, 2.24) is 20.5 Å². The molecule has 1 aromatic carbocycles. The van der Waals surface area contributed by atoms with Gasteiger partial charge in [-0.25, -0.2) is 0 Å². The molecule has 1 aliphatic heterocycles. The Morgan fingerprint density at radius 3 is 2.71 bits per heavy atom. The molecule has 0 radical (unpaired) electrons. The SMILES string of the molecule is NCCCCC(NC(=O)C(N)Cc1c[nH]c2ccccc12)C(=O)N1CCCC1C(=O)NCC(=O)O. The van der Waals surface area contributed by atoms with E-state index in [0.29, 0.717) is 51.6 Å². The zero-order valence-electron chi connectivity index (χ0n) is 19.7. The third-order valence-electron chi connectivity index (χ3n) is 6.27. The van der Waals surface area contributed by atoms with Crippen molar-refractivity contribution in [3.05, 3.63) is 36.0 Å². The van der Waals surface area contributed by atoms with Crippen LogP contribution < -0.4 is 22.1 Å². The molecule has 190 valence electrons. The molecule has 2 heterocycles. The van der Waals surface area contributed by atoms with Gasteiger partial charge in [0.05, 0.1) is 6.04 Å². The van der Waals surface area contributed by atoms with E-state index in [1.807, 2.05) is 30.5 Å². The van der Waals surface area contributed by atoms with Crippen molar-refractivity contribution in [3.63, 3.8) is 0 Å². The molecule has 8 N–H and O–H groups in total. The Kier molecular flexibility index (Phi) is 9.21. The molecular formula is C24H34N6O5. The minimum Gasteiger partial charge on any atom is -0.480 e. The van der Waals surface area contributed by atoms with Gasteiger partial charge >= 0.3 is 5.97 Å². The lowest BCUT2D eigenvalue weighted by Crippen LogP contribution is -2.56. The number of hydrogen-bond donors (Lipinski definition) is 6. The molecule has 0 bridgehead atoms. The summed E-state index contributed by atoms with van der Waals surface area (Å²) in [4.78, 5) is 54.2. The predicted octanol–water partition coefficient (Wildman–Crippen LogP) is -0.157. The first kappa shape index (κ1) is 26.2. The van der Waals surface area contributed by atoms with Crippen LogP contribution in [0.2, 0.25) is 0 Å². The van der Waals surface area contributed by atoms with Crippen LogP contribution in [0.4, 0.5) is 0 Å². The lowest BCUT2D eigenvalue weighted by atomic mass is 10.0. The maximum atomic E-state index is 13.4. The number of carboxylic acids is 1. The second-order valence-electron chi connectivity index (χ2n) is 8.82. The number of nitrogens with two attached hydrogens (primary N) is 2. The van der Waals surface area contributed by atoms with Gasteiger partial charge in [-0.2, -0.15) is 0 Å². The Morgan fingerprint density at radius 2 is 1.97 bits per heavy atom. The molecule has 11 nitrogen and oxygen atoms in total. The van der Waals surface area contributed by atoms with E-state index in [1.165, 1.54) is 4.90 Å². The highest BCUT2D eigenvalue weighted by Gasteiger charge is 2.37. The highest BCUT2D eigenvalue weighted by molar-refractivity contribution is 5.94. The molecule has 0 aliphatic carbocycles. The van der Waals surface area contributed by atoms with Crippen LogP contribution in [0.25, 0.3) is 10.9 Å². The van der Waals surface area contributed by atoms with Gasteiger partial charge in [-0.3, -0.25) is 19.2 Å². The number of likely N-dealkylation sites (tertiary alicyclic amines) is 1. The van der Waals surface area contributed by atoms with E-state index in [1.54, 1.807) is 0 Å². The van der Waals surface area contributed by atoms with E-state index in [4.69, 9.17) is 16.6 Å². The zero-order valence-corrected chi connectivity index (χ0v) is 19.7. The maximum Gasteiger partial charge on any atom is 0.322 e. The topological polar surface area (TPSA) is 184 Å². The number of H-pyrrole nitrogens is 1. The second kappa shape index (κ2) is 12.3. The van der Waals surface area contributed by atoms with Gasteiger partial charge in [0.2, 0.25) is 17.7 Å². The van der Waals surface area contributed by atoms with E-state index in [-0.39, 0.29) is 5.91 Å². The van der Waals surface area contributed by atoms with Crippen LogP contribution >= 0.6 is 0 Å². The zero-order chi connectivity index (χ0) is 25.4. The minimum absolute atomic E-state index is 0.295. The summed E-state index contributed by atoms with van der Waals surface area (Å²) >= 11 is 0. The van der Waals surface area contributed by atoms with E-state index in [9.17, 15) is 19.2 Å². The number of carbonyl (C=O) groups is 4. The molecule has 1 aromatic heterocycles. The maximum absolute atomic E-state index is 13.4. The van der Waals surface area contributed by atoms with Gasteiger partial charge in [0.15, 0.2) is 0 Å². The van der Waals surface area contributed by atoms with E-state index in [0.717, 1.165) is 16.5 Å². The first-order valence-corrected chi connectivity index (χ1v) is 11.9. The summed E-state index contributed by atoms with van der Waals surface area (Å²) in [6.45, 7) is 0.296. The molecule has 3 atom stereocenters. The first-order valence-electron chi connectivity index (χ1n) is 11.9. The number of rotatable bonds is 12. The molecular weight excluding hydrogens is 452 g/mol. The quantitative estimate of drug-likeness (QED) is 0.225. The van der Waals surface area contributed by atoms with Gasteiger partial charge in [-0.15, -0.1) is 0 Å². The number of aromatic nitrogens is 1. The van der Waals surface area contributed by atoms with Crippen LogP contribution in [-0.4, -0.2) is 76.4 Å². The third kappa shape index (κ3) is 6.80. The van der Waals surface area contributed by atoms with Crippen LogP contribution in [-0.2, 0) is 25.6 Å². The van der Waals surface area contributed by atoms with Crippen LogP contribution in [0.5, 0.6) is 0 Å². The Hall–Kier alpha value is -3.44. The van der Waals surface area contributed by atoms with Gasteiger partial charge in [-0.1, -0.05) is 18.2 Å². The summed E-state index contributed by atoms with van der Waals surface area (Å²) in [7, 11) is 0. The number of carboxylic acid groups (broad SMARTS) is 1. The molecule has 3 rings (SSSR count). The average molecular weight is 487 g/mol. The van der Waals surface area contributed by atoms with Crippen LogP contribution in [0.15, 0.2) is 30.5 Å². The number of carbonyl (C=O) groups excluding carboxylic acids is 3. The van der Waals surface area contributed by atoms with Gasteiger partial charge in [0.1, 0.15) is 18.6 Å². The third-order valence-corrected chi connectivity index (χ3v) is 6.27. The Morgan fingerprint density at radius 1 is 1.20 bits per heavy atom. The molecule has 3 unspecified atom stereocenters. The molecule has 11 heteroatoms. The molecule has 0 spiro atoms. The molecule has 1 saturated heterocycles. The number of amides is 3. The van der Waals surface area contributed by atoms with Crippen molar-refractivity contribution >= 4 is 34.6 Å². The van der Waals surface area contributed by atoms with Gasteiger partial charge in [-0.05, 0) is 56.7 Å². The van der Waals surface area contributed by atoms with E-state index in [2.05, 4.69) is 15.6 Å². The number of fused-ring (bicyclic) bond motifs is 1. The monoisotopic (exact) mass is 486 g/mol. The lowest BCUT2D eigenvalue weighted by Gasteiger charge is -2.29. The van der Waals surface area contributed by atoms with Crippen LogP contribution in [0.3, 0.4) is 0 Å². The molecule has 35 heavy (non-hydrogen) atoms. The Balaban J connectivity index is 1.67. The summed E-state index contributed by atoms with van der Waals surface area (Å²) in [6.07, 6.45) is 4.83. The fourth-order valence-corrected chi connectivity index (χ4v) is 4.44. The number of aromatic amines is 1.